The van der Waals surface area contributed by atoms with Crippen LogP contribution >= 0.6 is 0 Å². The average molecular weight is 937 g/mol. The summed E-state index contributed by atoms with van der Waals surface area (Å²) in [5.74, 6) is 1.91. The Morgan fingerprint density at radius 1 is 0.855 bits per heavy atom. The molecule has 0 aliphatic heterocycles. The van der Waals surface area contributed by atoms with E-state index in [0.29, 0.717) is 24.4 Å². The van der Waals surface area contributed by atoms with E-state index in [9.17, 15) is 9.90 Å². The van der Waals surface area contributed by atoms with Gasteiger partial charge in [-0.3, -0.25) is 9.59 Å². The summed E-state index contributed by atoms with van der Waals surface area (Å²) in [5, 5.41) is 9.77. The molecule has 8 nitrogen and oxygen atoms in total. The maximum atomic E-state index is 16.0. The predicted molar refractivity (Wildman–Crippen MR) is 268 cm³/mol. The fraction of sp³-hybridized carbons (Fsp3) is 0.776. The lowest BCUT2D eigenvalue weighted by molar-refractivity contribution is -0.146. The molecule has 0 saturated heterocycles. The number of aliphatic carboxylic acids is 1. The summed E-state index contributed by atoms with van der Waals surface area (Å²) >= 11 is 0. The molecular weight excluding hydrogens is 846 g/mol. The zero-order valence-corrected chi connectivity index (χ0v) is 47.6. The van der Waals surface area contributed by atoms with Crippen molar-refractivity contribution in [3.8, 4) is 11.5 Å². The summed E-state index contributed by atoms with van der Waals surface area (Å²) in [5.41, 5.74) is 3.95. The third-order valence-corrected chi connectivity index (χ3v) is 28.1. The van der Waals surface area contributed by atoms with Gasteiger partial charge in [0.25, 0.3) is 0 Å². The Bertz CT molecular complexity index is 1760. The number of nitrogens with zero attached hydrogens (tertiary/aromatic N) is 1. The average Bonchev–Trinajstić information content (AvgIpc) is 3.48. The Morgan fingerprint density at radius 2 is 1.35 bits per heavy atom. The van der Waals surface area contributed by atoms with Crippen LogP contribution in [0.15, 0.2) is 28.2 Å². The predicted octanol–water partition coefficient (Wildman–Crippen LogP) is 14.6. The second-order valence-corrected chi connectivity index (χ2v) is 43.1. The Balaban J connectivity index is 3.70. The molecule has 1 rings (SSSR count). The minimum Gasteiger partial charge on any atom is -0.481 e. The van der Waals surface area contributed by atoms with Crippen molar-refractivity contribution in [1.29, 1.82) is 0 Å². The molecule has 0 radical (unpaired) electrons. The van der Waals surface area contributed by atoms with Crippen LogP contribution in [0.25, 0.3) is 6.08 Å². The van der Waals surface area contributed by atoms with Gasteiger partial charge in [-0.25, -0.2) is 9.37 Å². The zero-order chi connectivity index (χ0) is 48.7. The van der Waals surface area contributed by atoms with Crippen LogP contribution in [0.2, 0.25) is 74.0 Å². The van der Waals surface area contributed by atoms with Crippen molar-refractivity contribution in [1.82, 2.24) is 4.98 Å². The molecule has 62 heavy (non-hydrogen) atoms. The zero-order valence-electron chi connectivity index (χ0n) is 43.6. The summed E-state index contributed by atoms with van der Waals surface area (Å²) in [6.07, 6.45) is 5.83. The number of oxazole rings is 1. The topological polar surface area (TPSA) is 108 Å². The Morgan fingerprint density at radius 3 is 1.81 bits per heavy atom. The van der Waals surface area contributed by atoms with Gasteiger partial charge in [-0.1, -0.05) is 114 Å². The first kappa shape index (κ1) is 58.1. The third-order valence-electron chi connectivity index (χ3n) is 13.7. The molecule has 1 aromatic rings. The molecule has 5 atom stereocenters. The van der Waals surface area contributed by atoms with Crippen LogP contribution in [-0.2, 0) is 22.9 Å². The maximum absolute atomic E-state index is 16.0. The molecule has 0 bridgehead atoms. The first-order chi connectivity index (χ1) is 27.6. The summed E-state index contributed by atoms with van der Waals surface area (Å²) in [7, 11) is -9.02. The number of ketones is 1. The number of carbonyl (C=O) groups is 2. The molecule has 0 saturated carbocycles. The Hall–Kier alpha value is -1.93. The van der Waals surface area contributed by atoms with Crippen LogP contribution < -0.4 is 0 Å². The van der Waals surface area contributed by atoms with E-state index in [0.717, 1.165) is 24.8 Å². The molecule has 13 heteroatoms. The number of carboxylic acids is 1. The highest BCUT2D eigenvalue weighted by molar-refractivity contribution is 6.83. The van der Waals surface area contributed by atoms with Crippen molar-refractivity contribution in [2.45, 2.75) is 228 Å². The highest BCUT2D eigenvalue weighted by atomic mass is 28.4. The van der Waals surface area contributed by atoms with E-state index in [2.05, 4.69) is 158 Å². The third kappa shape index (κ3) is 17.8. The van der Waals surface area contributed by atoms with Crippen molar-refractivity contribution in [3.05, 3.63) is 35.3 Å². The molecule has 0 amide bonds. The number of carboxylic acid groups (broad SMARTS) is 1. The number of aryl methyl sites for hydroxylation is 1. The van der Waals surface area contributed by atoms with Gasteiger partial charge in [-0.15, -0.1) is 11.5 Å². The molecule has 0 aliphatic rings. The van der Waals surface area contributed by atoms with Crippen molar-refractivity contribution in [3.63, 3.8) is 0 Å². The van der Waals surface area contributed by atoms with Crippen LogP contribution in [0.4, 0.5) is 4.39 Å². The summed E-state index contributed by atoms with van der Waals surface area (Å²) < 4.78 is 42.2. The number of rotatable bonds is 22. The lowest BCUT2D eigenvalue weighted by Gasteiger charge is -2.46. The molecule has 0 aromatic carbocycles. The van der Waals surface area contributed by atoms with Crippen LogP contribution in [0.3, 0.4) is 0 Å². The van der Waals surface area contributed by atoms with Crippen LogP contribution in [-0.4, -0.2) is 73.2 Å². The molecule has 1 aromatic heterocycles. The number of hydrogen-bond donors (Lipinski definition) is 1. The van der Waals surface area contributed by atoms with Gasteiger partial charge < -0.3 is 22.8 Å². The molecule has 0 fully saturated rings. The van der Waals surface area contributed by atoms with Crippen molar-refractivity contribution >= 4 is 50.9 Å². The van der Waals surface area contributed by atoms with E-state index in [1.165, 1.54) is 12.3 Å². The smallest absolute Gasteiger partial charge is 0.305 e. The van der Waals surface area contributed by atoms with Gasteiger partial charge >= 0.3 is 5.97 Å². The van der Waals surface area contributed by atoms with Gasteiger partial charge in [0.2, 0.25) is 0 Å². The molecule has 356 valence electrons. The van der Waals surface area contributed by atoms with Gasteiger partial charge in [-0.05, 0) is 92.9 Å². The largest absolute Gasteiger partial charge is 0.481 e. The second kappa shape index (κ2) is 22.0. The standard InChI is InChI=1S/C49H90FNO7Si4/c1-35(29-30-41(56-60(18,19)46(4,5)6)40(50)32-38-34-55-37(3)51-38)26-24-27-36(2)44(58-62(22,23)48(10,11)12)39(28-25-31-59(15,16)17)45(54)49(13,14)42(33-43(52)53)57-61(20,21)47(7,8)9/h29,32,34,36,39,41-42,44H,24,26-28,30,33H2,1-23H3,(H,52,53)/b35-29+,40-32-/t36-,39+,41-,42-,44-/m0/s1. The maximum Gasteiger partial charge on any atom is 0.305 e. The lowest BCUT2D eigenvalue weighted by Crippen LogP contribution is -2.55. The molecule has 0 unspecified atom stereocenters. The van der Waals surface area contributed by atoms with E-state index >= 15 is 9.18 Å². The summed E-state index contributed by atoms with van der Waals surface area (Å²) in [6, 6.07) is 0. The fourth-order valence-electron chi connectivity index (χ4n) is 6.38. The minimum absolute atomic E-state index is 0.0180. The first-order valence-corrected chi connectivity index (χ1v) is 35.1. The van der Waals surface area contributed by atoms with Crippen LogP contribution in [0.5, 0.6) is 0 Å². The Labute approximate surface area is 382 Å². The van der Waals surface area contributed by atoms with Crippen LogP contribution in [0, 0.1) is 35.6 Å². The molecule has 0 aliphatic carbocycles. The van der Waals surface area contributed by atoms with E-state index in [1.807, 2.05) is 13.8 Å². The fourth-order valence-corrected chi connectivity index (χ4v) is 11.2. The van der Waals surface area contributed by atoms with E-state index in [1.54, 1.807) is 6.92 Å². The normalized spacial score (nSPS) is 16.9. The molecule has 1 N–H and O–H groups in total. The van der Waals surface area contributed by atoms with Crippen molar-refractivity contribution in [2.75, 3.05) is 0 Å². The number of hydrogen-bond acceptors (Lipinski definition) is 7. The molecule has 0 spiro atoms. The summed E-state index contributed by atoms with van der Waals surface area (Å²) in [4.78, 5) is 32.1. The molecular formula is C49H90FNO7Si4. The minimum atomic E-state index is -2.48. The molecule has 1 heterocycles. The number of carbonyl (C=O) groups excluding carboxylic acids is 1. The number of halogens is 1. The van der Waals surface area contributed by atoms with Crippen molar-refractivity contribution < 1.29 is 36.8 Å². The SMILES string of the molecule is C/C(=C\C[C@H](O[Si](C)(C)C(C)(C)C)/C(F)=C/c1coc(C)n1)CCC[C@H](C)[C@H](O[Si](C)(C)C(C)(C)C)[C@@H](CC#C[Si](C)(C)C)C(=O)C(C)(C)[C@H](CC(=O)O)O[Si](C)(C)C(C)(C)C. The number of Topliss-reactive ketones (excluding diaryl/α,β-unsaturated/α-hetero) is 1. The monoisotopic (exact) mass is 936 g/mol. The van der Waals surface area contributed by atoms with Gasteiger partial charge in [-0.2, -0.15) is 0 Å². The van der Waals surface area contributed by atoms with E-state index in [-0.39, 0.29) is 39.1 Å². The first-order valence-electron chi connectivity index (χ1n) is 22.9. The second-order valence-electron chi connectivity index (χ2n) is 24.1. The lowest BCUT2D eigenvalue weighted by atomic mass is 9.71. The Kier molecular flexibility index (Phi) is 20.6. The number of aromatic nitrogens is 1. The van der Waals surface area contributed by atoms with Crippen LogP contribution in [0.1, 0.15) is 140 Å². The van der Waals surface area contributed by atoms with E-state index in [4.69, 9.17) is 17.7 Å². The van der Waals surface area contributed by atoms with Gasteiger partial charge in [0.1, 0.15) is 37.7 Å². The highest BCUT2D eigenvalue weighted by Crippen LogP contribution is 2.45. The van der Waals surface area contributed by atoms with Gasteiger partial charge in [0.15, 0.2) is 30.8 Å². The van der Waals surface area contributed by atoms with E-state index < -0.39 is 68.6 Å². The highest BCUT2D eigenvalue weighted by Gasteiger charge is 2.51. The summed E-state index contributed by atoms with van der Waals surface area (Å²) in [6.45, 7) is 48.7. The van der Waals surface area contributed by atoms with Gasteiger partial charge in [0, 0.05) is 24.8 Å². The number of allylic oxidation sites excluding steroid dienone is 1. The quantitative estimate of drug-likeness (QED) is 0.0696. The van der Waals surface area contributed by atoms with Gasteiger partial charge in [0.05, 0.1) is 24.5 Å². The van der Waals surface area contributed by atoms with Crippen molar-refractivity contribution in [2.24, 2.45) is 17.3 Å².